The van der Waals surface area contributed by atoms with Gasteiger partial charge in [0.1, 0.15) is 0 Å². The van der Waals surface area contributed by atoms with Gasteiger partial charge in [0, 0.05) is 60.5 Å². The minimum Gasteiger partial charge on any atom is -0.476 e. The van der Waals surface area contributed by atoms with Crippen LogP contribution in [-0.2, 0) is 26.6 Å². The molecule has 0 aliphatic carbocycles. The summed E-state index contributed by atoms with van der Waals surface area (Å²) in [5.74, 6) is -1.14. The molecular formula is C19H20N4O3. The van der Waals surface area contributed by atoms with Gasteiger partial charge in [-0.15, -0.1) is 0 Å². The Balaban J connectivity index is 1.64. The summed E-state index contributed by atoms with van der Waals surface area (Å²) in [6, 6.07) is 7.72. The highest BCUT2D eigenvalue weighted by Crippen LogP contribution is 2.25. The van der Waals surface area contributed by atoms with Gasteiger partial charge in [-0.25, -0.2) is 4.79 Å². The summed E-state index contributed by atoms with van der Waals surface area (Å²) < 4.78 is 3.74. The van der Waals surface area contributed by atoms with Crippen molar-refractivity contribution < 1.29 is 14.7 Å². The van der Waals surface area contributed by atoms with E-state index in [9.17, 15) is 14.7 Å². The second kappa shape index (κ2) is 6.01. The van der Waals surface area contributed by atoms with Gasteiger partial charge in [-0.2, -0.15) is 5.10 Å². The Labute approximate surface area is 150 Å². The molecule has 1 aliphatic heterocycles. The number of aryl methyl sites for hydroxylation is 2. The lowest BCUT2D eigenvalue weighted by atomic mass is 10.0. The van der Waals surface area contributed by atoms with Gasteiger partial charge in [0.05, 0.1) is 6.54 Å². The summed E-state index contributed by atoms with van der Waals surface area (Å²) in [5.41, 5.74) is 3.29. The number of fused-ring (bicyclic) bond motifs is 2. The van der Waals surface area contributed by atoms with Gasteiger partial charge >= 0.3 is 5.97 Å². The third-order valence-electron chi connectivity index (χ3n) is 5.09. The zero-order valence-electron chi connectivity index (χ0n) is 14.8. The van der Waals surface area contributed by atoms with Crippen LogP contribution in [0.25, 0.3) is 10.9 Å². The normalized spacial score (nSPS) is 13.8. The van der Waals surface area contributed by atoms with Crippen LogP contribution in [0.4, 0.5) is 0 Å². The number of aromatic carboxylic acids is 1. The topological polar surface area (TPSA) is 80.4 Å². The molecule has 0 fully saturated rings. The first kappa shape index (κ1) is 16.4. The van der Waals surface area contributed by atoms with Crippen molar-refractivity contribution in [3.05, 3.63) is 53.0 Å². The van der Waals surface area contributed by atoms with E-state index in [0.29, 0.717) is 24.1 Å². The molecular weight excluding hydrogens is 332 g/mol. The van der Waals surface area contributed by atoms with E-state index in [1.807, 2.05) is 30.5 Å². The number of aromatic nitrogens is 3. The first-order valence-corrected chi connectivity index (χ1v) is 8.65. The van der Waals surface area contributed by atoms with Crippen molar-refractivity contribution in [2.24, 2.45) is 7.05 Å². The van der Waals surface area contributed by atoms with Crippen molar-refractivity contribution in [2.75, 3.05) is 6.54 Å². The maximum Gasteiger partial charge on any atom is 0.356 e. The molecule has 7 nitrogen and oxygen atoms in total. The molecule has 0 spiro atoms. The molecule has 0 saturated heterocycles. The number of carboxylic acid groups (broad SMARTS) is 1. The third kappa shape index (κ3) is 2.47. The van der Waals surface area contributed by atoms with Crippen molar-refractivity contribution in [3.8, 4) is 0 Å². The first-order valence-electron chi connectivity index (χ1n) is 8.65. The smallest absolute Gasteiger partial charge is 0.356 e. The van der Waals surface area contributed by atoms with Crippen LogP contribution in [0.1, 0.15) is 39.0 Å². The maximum atomic E-state index is 13.0. The van der Waals surface area contributed by atoms with Crippen LogP contribution in [0.5, 0.6) is 0 Å². The monoisotopic (exact) mass is 352 g/mol. The largest absolute Gasteiger partial charge is 0.476 e. The molecule has 2 aromatic heterocycles. The number of amides is 1. The first-order chi connectivity index (χ1) is 12.5. The molecule has 3 heterocycles. The number of carboxylic acids is 1. The lowest BCUT2D eigenvalue weighted by Gasteiger charge is -2.27. The highest BCUT2D eigenvalue weighted by molar-refractivity contribution is 5.98. The van der Waals surface area contributed by atoms with Crippen molar-refractivity contribution in [3.63, 3.8) is 0 Å². The van der Waals surface area contributed by atoms with Crippen molar-refractivity contribution in [1.29, 1.82) is 0 Å². The van der Waals surface area contributed by atoms with E-state index in [1.165, 1.54) is 0 Å². The number of hydrogen-bond acceptors (Lipinski definition) is 3. The third-order valence-corrected chi connectivity index (χ3v) is 5.09. The Morgan fingerprint density at radius 2 is 2.08 bits per heavy atom. The average Bonchev–Trinajstić information content (AvgIpc) is 3.21. The standard InChI is InChI=1S/C19H20N4O3/c1-3-22-8-6-12-10-13(4-5-15(12)22)18(24)23-9-7-16-14(11-23)17(19(25)26)20-21(16)2/h4-6,8,10H,3,7,9,11H2,1-2H3,(H,25,26). The molecule has 0 unspecified atom stereocenters. The van der Waals surface area contributed by atoms with Crippen LogP contribution in [-0.4, -0.2) is 42.8 Å². The van der Waals surface area contributed by atoms with Crippen molar-refractivity contribution in [1.82, 2.24) is 19.2 Å². The SMILES string of the molecule is CCn1ccc2cc(C(=O)N3CCc4c(c(C(=O)O)nn4C)C3)ccc21. The quantitative estimate of drug-likeness (QED) is 0.784. The van der Waals surface area contributed by atoms with Gasteiger partial charge in [0.15, 0.2) is 5.69 Å². The minimum absolute atomic E-state index is 0.0375. The molecule has 26 heavy (non-hydrogen) atoms. The van der Waals surface area contributed by atoms with Crippen LogP contribution in [0.3, 0.4) is 0 Å². The van der Waals surface area contributed by atoms with E-state index >= 15 is 0 Å². The van der Waals surface area contributed by atoms with Crippen LogP contribution >= 0.6 is 0 Å². The van der Waals surface area contributed by atoms with Crippen LogP contribution in [0, 0.1) is 0 Å². The Morgan fingerprint density at radius 3 is 2.81 bits per heavy atom. The Morgan fingerprint density at radius 1 is 1.27 bits per heavy atom. The number of rotatable bonds is 3. The maximum absolute atomic E-state index is 13.0. The fourth-order valence-electron chi connectivity index (χ4n) is 3.73. The summed E-state index contributed by atoms with van der Waals surface area (Å²) in [7, 11) is 1.75. The molecule has 1 amide bonds. The molecule has 0 radical (unpaired) electrons. The van der Waals surface area contributed by atoms with Crippen LogP contribution in [0.15, 0.2) is 30.5 Å². The molecule has 0 atom stereocenters. The zero-order chi connectivity index (χ0) is 18.4. The Hall–Kier alpha value is -3.09. The molecule has 4 rings (SSSR count). The highest BCUT2D eigenvalue weighted by Gasteiger charge is 2.29. The van der Waals surface area contributed by atoms with E-state index in [4.69, 9.17) is 0 Å². The lowest BCUT2D eigenvalue weighted by molar-refractivity contribution is 0.0674. The molecule has 0 bridgehead atoms. The number of benzene rings is 1. The molecule has 1 aromatic carbocycles. The Bertz CT molecular complexity index is 1030. The fourth-order valence-corrected chi connectivity index (χ4v) is 3.73. The predicted molar refractivity (Wildman–Crippen MR) is 96.2 cm³/mol. The van der Waals surface area contributed by atoms with E-state index in [1.54, 1.807) is 16.6 Å². The number of nitrogens with zero attached hydrogens (tertiary/aromatic N) is 4. The van der Waals surface area contributed by atoms with Crippen molar-refractivity contribution >= 4 is 22.8 Å². The average molecular weight is 352 g/mol. The summed E-state index contributed by atoms with van der Waals surface area (Å²) in [6.45, 7) is 3.79. The highest BCUT2D eigenvalue weighted by atomic mass is 16.4. The summed E-state index contributed by atoms with van der Waals surface area (Å²) in [5, 5.41) is 14.5. The van der Waals surface area contributed by atoms with E-state index in [0.717, 1.165) is 23.1 Å². The van der Waals surface area contributed by atoms with Gasteiger partial charge in [-0.3, -0.25) is 9.48 Å². The van der Waals surface area contributed by atoms with E-state index < -0.39 is 5.97 Å². The van der Waals surface area contributed by atoms with E-state index in [2.05, 4.69) is 16.6 Å². The number of carbonyl (C=O) groups excluding carboxylic acids is 1. The van der Waals surface area contributed by atoms with Gasteiger partial charge in [-0.05, 0) is 31.2 Å². The lowest BCUT2D eigenvalue weighted by Crippen LogP contribution is -2.36. The second-order valence-electron chi connectivity index (χ2n) is 6.55. The van der Waals surface area contributed by atoms with Crippen LogP contribution < -0.4 is 0 Å². The zero-order valence-corrected chi connectivity index (χ0v) is 14.8. The molecule has 3 aromatic rings. The summed E-state index contributed by atoms with van der Waals surface area (Å²) in [4.78, 5) is 26.1. The van der Waals surface area contributed by atoms with Gasteiger partial charge in [0.25, 0.3) is 5.91 Å². The summed E-state index contributed by atoms with van der Waals surface area (Å²) >= 11 is 0. The Kier molecular flexibility index (Phi) is 3.79. The van der Waals surface area contributed by atoms with Crippen LogP contribution in [0.2, 0.25) is 0 Å². The van der Waals surface area contributed by atoms with E-state index in [-0.39, 0.29) is 18.1 Å². The van der Waals surface area contributed by atoms with Gasteiger partial charge < -0.3 is 14.6 Å². The fraction of sp³-hybridized carbons (Fsp3) is 0.316. The molecule has 7 heteroatoms. The summed E-state index contributed by atoms with van der Waals surface area (Å²) in [6.07, 6.45) is 2.62. The number of hydrogen-bond donors (Lipinski definition) is 1. The molecule has 0 saturated carbocycles. The molecule has 1 N–H and O–H groups in total. The molecule has 134 valence electrons. The van der Waals surface area contributed by atoms with Gasteiger partial charge in [0.2, 0.25) is 0 Å². The second-order valence-corrected chi connectivity index (χ2v) is 6.55. The minimum atomic E-state index is -1.06. The van der Waals surface area contributed by atoms with Crippen molar-refractivity contribution in [2.45, 2.75) is 26.4 Å². The predicted octanol–water partition coefficient (Wildman–Crippen LogP) is 2.29. The number of carbonyl (C=O) groups is 2. The molecule has 1 aliphatic rings. The van der Waals surface area contributed by atoms with Gasteiger partial charge in [-0.1, -0.05) is 0 Å².